The Hall–Kier alpha value is -4.07. The van der Waals surface area contributed by atoms with Gasteiger partial charge in [0, 0.05) is 58.6 Å². The second-order valence-electron chi connectivity index (χ2n) is 11.0. The van der Waals surface area contributed by atoms with Gasteiger partial charge in [-0.1, -0.05) is 0 Å². The summed E-state index contributed by atoms with van der Waals surface area (Å²) in [6.45, 7) is 8.54. The average Bonchev–Trinajstić information content (AvgIpc) is 3.51. The lowest BCUT2D eigenvalue weighted by Crippen LogP contribution is -2.40. The number of anilines is 1. The smallest absolute Gasteiger partial charge is 0.290 e. The quantitative estimate of drug-likeness (QED) is 0.356. The van der Waals surface area contributed by atoms with Crippen LogP contribution in [0.2, 0.25) is 0 Å². The highest BCUT2D eigenvalue weighted by molar-refractivity contribution is 7.19. The van der Waals surface area contributed by atoms with Crippen molar-refractivity contribution in [1.29, 1.82) is 5.26 Å². The van der Waals surface area contributed by atoms with E-state index < -0.39 is 0 Å². The number of fused-ring (bicyclic) bond motifs is 2. The molecule has 1 atom stereocenters. The van der Waals surface area contributed by atoms with E-state index in [1.165, 1.54) is 15.9 Å². The number of nitriles is 1. The van der Waals surface area contributed by atoms with Crippen molar-refractivity contribution in [2.24, 2.45) is 0 Å². The molecule has 9 nitrogen and oxygen atoms in total. The van der Waals surface area contributed by atoms with Crippen LogP contribution in [0, 0.1) is 18.3 Å². The van der Waals surface area contributed by atoms with E-state index in [4.69, 9.17) is 9.90 Å². The predicted octanol–water partition coefficient (Wildman–Crippen LogP) is 4.34. The van der Waals surface area contributed by atoms with Crippen molar-refractivity contribution in [3.8, 4) is 17.2 Å². The van der Waals surface area contributed by atoms with Gasteiger partial charge in [0.1, 0.15) is 0 Å². The summed E-state index contributed by atoms with van der Waals surface area (Å²) in [5.74, 6) is 0. The van der Waals surface area contributed by atoms with E-state index >= 15 is 0 Å². The predicted molar refractivity (Wildman–Crippen MR) is 157 cm³/mol. The summed E-state index contributed by atoms with van der Waals surface area (Å²) in [5.41, 5.74) is 7.16. The molecule has 1 saturated heterocycles. The molecule has 2 aliphatic heterocycles. The van der Waals surface area contributed by atoms with Crippen molar-refractivity contribution in [2.75, 3.05) is 18.0 Å². The van der Waals surface area contributed by atoms with Crippen LogP contribution in [-0.2, 0) is 17.8 Å². The van der Waals surface area contributed by atoms with Crippen molar-refractivity contribution in [1.82, 2.24) is 20.1 Å². The van der Waals surface area contributed by atoms with E-state index in [2.05, 4.69) is 58.4 Å². The molecule has 1 aromatic carbocycles. The minimum absolute atomic E-state index is 0.106. The number of hydrogen-bond acceptors (Lipinski definition) is 8. The van der Waals surface area contributed by atoms with Gasteiger partial charge in [-0.3, -0.25) is 14.6 Å². The second kappa shape index (κ2) is 11.2. The van der Waals surface area contributed by atoms with Crippen LogP contribution in [0.3, 0.4) is 0 Å². The van der Waals surface area contributed by atoms with Crippen LogP contribution in [0.1, 0.15) is 48.3 Å². The van der Waals surface area contributed by atoms with E-state index in [0.29, 0.717) is 18.2 Å². The number of nitrogens with zero attached hydrogens (tertiary/aromatic N) is 5. The van der Waals surface area contributed by atoms with Gasteiger partial charge in [-0.25, -0.2) is 4.68 Å². The van der Waals surface area contributed by atoms with Gasteiger partial charge in [0.05, 0.1) is 34.6 Å². The highest BCUT2D eigenvalue weighted by Crippen LogP contribution is 2.44. The first kappa shape index (κ1) is 27.5. The number of benzene rings is 1. The van der Waals surface area contributed by atoms with Crippen LogP contribution in [0.4, 0.5) is 5.69 Å². The van der Waals surface area contributed by atoms with Gasteiger partial charge >= 0.3 is 0 Å². The number of thiophene rings is 1. The summed E-state index contributed by atoms with van der Waals surface area (Å²) in [6, 6.07) is 12.7. The van der Waals surface area contributed by atoms with E-state index in [1.807, 2.05) is 19.2 Å². The number of aromatic nitrogens is 3. The summed E-state index contributed by atoms with van der Waals surface area (Å²) in [4.78, 5) is 29.0. The number of nitrogens with one attached hydrogen (secondary N) is 1. The zero-order valence-electron chi connectivity index (χ0n) is 22.8. The first-order chi connectivity index (χ1) is 19.2. The largest absolute Gasteiger partial charge is 0.483 e. The molecule has 2 aliphatic rings. The third kappa shape index (κ3) is 5.48. The Kier molecular flexibility index (Phi) is 7.70. The van der Waals surface area contributed by atoms with E-state index in [1.54, 1.807) is 23.6 Å². The molecule has 0 unspecified atom stereocenters. The Labute approximate surface area is 236 Å². The fourth-order valence-electron chi connectivity index (χ4n) is 5.83. The van der Waals surface area contributed by atoms with Crippen LogP contribution in [0.15, 0.2) is 47.5 Å². The first-order valence-corrected chi connectivity index (χ1v) is 14.1. The number of carbonyl (C=O) groups is 1. The van der Waals surface area contributed by atoms with Crippen LogP contribution >= 0.6 is 11.3 Å². The SMILES string of the molecule is Cc1cnn(Cc2cc3nccc(-c4cc(C#N)cc5c4N([C@H]4CNC(C)(C)C4)CCC5)c3s2)c(=O)c1.O=CO. The lowest BCUT2D eigenvalue weighted by molar-refractivity contribution is -0.122. The zero-order chi connectivity index (χ0) is 28.4. The number of hydrogen-bond donors (Lipinski definition) is 2. The van der Waals surface area contributed by atoms with Gasteiger partial charge < -0.3 is 15.3 Å². The van der Waals surface area contributed by atoms with E-state index in [-0.39, 0.29) is 17.6 Å². The molecule has 6 rings (SSSR count). The summed E-state index contributed by atoms with van der Waals surface area (Å²) in [5, 5.41) is 24.7. The Morgan fingerprint density at radius 3 is 2.77 bits per heavy atom. The maximum Gasteiger partial charge on any atom is 0.290 e. The molecular formula is C30H32N6O3S. The third-order valence-electron chi connectivity index (χ3n) is 7.52. The molecule has 0 aliphatic carbocycles. The highest BCUT2D eigenvalue weighted by Gasteiger charge is 2.36. The van der Waals surface area contributed by atoms with Crippen molar-refractivity contribution < 1.29 is 9.90 Å². The molecule has 0 spiro atoms. The van der Waals surface area contributed by atoms with E-state index in [0.717, 1.165) is 64.1 Å². The standard InChI is InChI=1S/C29H30N6OS.CH2O2/c1-18-9-26(36)35(33-15-18)17-22-12-25-28(37-22)23(6-7-31-25)24-11-19(14-30)10-20-5-4-8-34(27(20)24)21-13-29(2,3)32-16-21;2-1-3/h6-7,9-12,15,21,32H,4-5,8,13,16-17H2,1-3H3;1H,(H,2,3)/t21-;/m1./s1. The Morgan fingerprint density at radius 1 is 1.27 bits per heavy atom. The fourth-order valence-corrected chi connectivity index (χ4v) is 6.95. The maximum atomic E-state index is 12.4. The van der Waals surface area contributed by atoms with Gasteiger partial charge in [-0.05, 0) is 75.4 Å². The number of aryl methyl sites for hydroxylation is 2. The van der Waals surface area contributed by atoms with Crippen LogP contribution in [0.5, 0.6) is 0 Å². The molecule has 5 heterocycles. The topological polar surface area (TPSA) is 124 Å². The molecule has 0 amide bonds. The van der Waals surface area contributed by atoms with Gasteiger partial charge in [0.25, 0.3) is 12.0 Å². The van der Waals surface area contributed by atoms with Crippen molar-refractivity contribution in [3.05, 3.63) is 74.6 Å². The summed E-state index contributed by atoms with van der Waals surface area (Å²) < 4.78 is 2.57. The monoisotopic (exact) mass is 556 g/mol. The first-order valence-electron chi connectivity index (χ1n) is 13.3. The normalized spacial score (nSPS) is 17.6. The average molecular weight is 557 g/mol. The summed E-state index contributed by atoms with van der Waals surface area (Å²) >= 11 is 1.65. The third-order valence-corrected chi connectivity index (χ3v) is 8.66. The Bertz CT molecular complexity index is 1670. The molecule has 0 saturated carbocycles. The molecule has 0 bridgehead atoms. The number of pyridine rings is 1. The van der Waals surface area contributed by atoms with Crippen LogP contribution in [0.25, 0.3) is 21.3 Å². The molecule has 2 N–H and O–H groups in total. The Morgan fingerprint density at radius 2 is 2.08 bits per heavy atom. The summed E-state index contributed by atoms with van der Waals surface area (Å²) in [6.07, 6.45) is 6.71. The van der Waals surface area contributed by atoms with Gasteiger partial charge in [0.2, 0.25) is 0 Å². The van der Waals surface area contributed by atoms with Gasteiger partial charge in [-0.2, -0.15) is 10.4 Å². The van der Waals surface area contributed by atoms with E-state index in [9.17, 15) is 10.1 Å². The van der Waals surface area contributed by atoms with Crippen LogP contribution in [-0.4, -0.2) is 51.0 Å². The lowest BCUT2D eigenvalue weighted by Gasteiger charge is -2.38. The minimum Gasteiger partial charge on any atom is -0.483 e. The molecule has 40 heavy (non-hydrogen) atoms. The van der Waals surface area contributed by atoms with Crippen molar-refractivity contribution in [3.63, 3.8) is 0 Å². The molecule has 3 aromatic heterocycles. The molecule has 1 fully saturated rings. The Balaban J connectivity index is 0.00000103. The fraction of sp³-hybridized carbons (Fsp3) is 0.367. The molecular weight excluding hydrogens is 524 g/mol. The maximum absolute atomic E-state index is 12.4. The number of rotatable bonds is 4. The number of carboxylic acid groups (broad SMARTS) is 1. The molecule has 0 radical (unpaired) electrons. The van der Waals surface area contributed by atoms with Crippen molar-refractivity contribution in [2.45, 2.75) is 58.2 Å². The molecule has 10 heteroatoms. The highest BCUT2D eigenvalue weighted by atomic mass is 32.1. The molecule has 206 valence electrons. The molecule has 4 aromatic rings. The lowest BCUT2D eigenvalue weighted by atomic mass is 9.90. The van der Waals surface area contributed by atoms with Gasteiger partial charge in [0.15, 0.2) is 0 Å². The van der Waals surface area contributed by atoms with Crippen LogP contribution < -0.4 is 15.8 Å². The van der Waals surface area contributed by atoms with Crippen molar-refractivity contribution >= 4 is 33.7 Å². The second-order valence-corrected chi connectivity index (χ2v) is 12.1. The summed E-state index contributed by atoms with van der Waals surface area (Å²) in [7, 11) is 0. The van der Waals surface area contributed by atoms with Gasteiger partial charge in [-0.15, -0.1) is 11.3 Å². The minimum atomic E-state index is -0.250. The zero-order valence-corrected chi connectivity index (χ0v) is 23.7.